The number of nitrogens with one attached hydrogen (secondary N) is 2. The number of rotatable bonds is 5. The minimum absolute atomic E-state index is 0.148. The van der Waals surface area contributed by atoms with Gasteiger partial charge in [0.25, 0.3) is 5.72 Å². The molecule has 11 heteroatoms. The van der Waals surface area contributed by atoms with Gasteiger partial charge >= 0.3 is 12.1 Å². The van der Waals surface area contributed by atoms with Gasteiger partial charge in [0.15, 0.2) is 5.11 Å². The number of methoxy groups -OCH3 is 2. The number of carbonyl (C=O) groups is 1. The van der Waals surface area contributed by atoms with E-state index in [4.69, 9.17) is 26.4 Å². The molecule has 1 saturated heterocycles. The van der Waals surface area contributed by atoms with Crippen LogP contribution in [-0.2, 0) is 9.53 Å². The van der Waals surface area contributed by atoms with Crippen molar-refractivity contribution in [2.75, 3.05) is 20.8 Å². The average Bonchev–Trinajstić information content (AvgIpc) is 2.59. The molecule has 2 rings (SSSR count). The van der Waals surface area contributed by atoms with Gasteiger partial charge in [0.1, 0.15) is 17.4 Å². The Bertz CT molecular complexity index is 730. The van der Waals surface area contributed by atoms with E-state index in [2.05, 4.69) is 5.32 Å². The largest absolute Gasteiger partial charge is 0.497 e. The van der Waals surface area contributed by atoms with Gasteiger partial charge in [-0.25, -0.2) is 0 Å². The molecule has 0 aromatic heterocycles. The Morgan fingerprint density at radius 1 is 1.33 bits per heavy atom. The van der Waals surface area contributed by atoms with Gasteiger partial charge in [-0.15, -0.1) is 0 Å². The molecule has 1 aliphatic heterocycles. The van der Waals surface area contributed by atoms with Crippen LogP contribution in [0.15, 0.2) is 18.2 Å². The SMILES string of the molecule is CCOC(=O)[C@H]1[C@@H](c2ccc(OC)cc2OC)NC(=S)N[C@]1(O)C(F)(F)F. The van der Waals surface area contributed by atoms with E-state index in [9.17, 15) is 23.1 Å². The van der Waals surface area contributed by atoms with Gasteiger partial charge in [0, 0.05) is 11.6 Å². The molecule has 150 valence electrons. The lowest BCUT2D eigenvalue weighted by molar-refractivity contribution is -0.292. The fourth-order valence-electron chi connectivity index (χ4n) is 2.87. The molecular formula is C16H19F3N2O5S. The minimum atomic E-state index is -5.21. The van der Waals surface area contributed by atoms with E-state index in [1.807, 2.05) is 0 Å². The van der Waals surface area contributed by atoms with Gasteiger partial charge in [-0.3, -0.25) is 4.79 Å². The van der Waals surface area contributed by atoms with E-state index < -0.39 is 34.9 Å². The predicted molar refractivity (Wildman–Crippen MR) is 92.3 cm³/mol. The van der Waals surface area contributed by atoms with Gasteiger partial charge in [0.2, 0.25) is 0 Å². The number of esters is 1. The number of alkyl halides is 3. The Balaban J connectivity index is 2.64. The normalized spacial score (nSPS) is 25.2. The van der Waals surface area contributed by atoms with Crippen LogP contribution in [0, 0.1) is 5.92 Å². The Kier molecular flexibility index (Phi) is 6.05. The van der Waals surface area contributed by atoms with E-state index in [-0.39, 0.29) is 17.9 Å². The number of carbonyl (C=O) groups excluding carboxylic acids is 1. The summed E-state index contributed by atoms with van der Waals surface area (Å²) in [5.74, 6) is -2.80. The summed E-state index contributed by atoms with van der Waals surface area (Å²) in [6.07, 6.45) is -5.21. The van der Waals surface area contributed by atoms with Crippen molar-refractivity contribution in [3.05, 3.63) is 23.8 Å². The van der Waals surface area contributed by atoms with Gasteiger partial charge in [-0.05, 0) is 31.3 Å². The van der Waals surface area contributed by atoms with Crippen molar-refractivity contribution in [3.63, 3.8) is 0 Å². The van der Waals surface area contributed by atoms with Crippen LogP contribution in [0.4, 0.5) is 13.2 Å². The average molecular weight is 408 g/mol. The molecule has 7 nitrogen and oxygen atoms in total. The molecule has 1 aromatic rings. The van der Waals surface area contributed by atoms with Gasteiger partial charge in [0.05, 0.1) is 26.9 Å². The number of thiocarbonyl (C=S) groups is 1. The molecule has 27 heavy (non-hydrogen) atoms. The highest BCUT2D eigenvalue weighted by Gasteiger charge is 2.66. The highest BCUT2D eigenvalue weighted by molar-refractivity contribution is 7.80. The lowest BCUT2D eigenvalue weighted by atomic mass is 9.81. The molecule has 1 aliphatic rings. The summed E-state index contributed by atoms with van der Waals surface area (Å²) < 4.78 is 56.1. The Morgan fingerprint density at radius 3 is 2.52 bits per heavy atom. The maximum atomic E-state index is 13.7. The summed E-state index contributed by atoms with van der Waals surface area (Å²) in [5.41, 5.74) is -3.46. The van der Waals surface area contributed by atoms with Crippen molar-refractivity contribution >= 4 is 23.3 Å². The van der Waals surface area contributed by atoms with E-state index in [0.29, 0.717) is 5.75 Å². The smallest absolute Gasteiger partial charge is 0.437 e. The fourth-order valence-corrected chi connectivity index (χ4v) is 3.15. The number of hydrogen-bond donors (Lipinski definition) is 3. The third-order valence-corrected chi connectivity index (χ3v) is 4.34. The topological polar surface area (TPSA) is 89.1 Å². The quantitative estimate of drug-likeness (QED) is 0.501. The zero-order valence-corrected chi connectivity index (χ0v) is 15.5. The lowest BCUT2D eigenvalue weighted by Crippen LogP contribution is -2.73. The van der Waals surface area contributed by atoms with Crippen LogP contribution in [0.1, 0.15) is 18.5 Å². The van der Waals surface area contributed by atoms with Crippen LogP contribution >= 0.6 is 12.2 Å². The molecule has 0 amide bonds. The Labute approximate surface area is 158 Å². The first-order chi connectivity index (χ1) is 12.6. The number of halogens is 3. The van der Waals surface area contributed by atoms with Crippen LogP contribution in [0.3, 0.4) is 0 Å². The summed E-state index contributed by atoms with van der Waals surface area (Å²) in [4.78, 5) is 12.4. The minimum Gasteiger partial charge on any atom is -0.497 e. The standard InChI is InChI=1S/C16H19F3N2O5S/c1-4-26-13(22)11-12(9-6-5-8(24-2)7-10(9)25-3)20-14(27)21-15(11,23)16(17,18)19/h5-7,11-12,23H,4H2,1-3H3,(H2,20,21,27)/t11-,12-,15-/m1/s1. The molecule has 3 N–H and O–H groups in total. The van der Waals surface area contributed by atoms with E-state index in [0.717, 1.165) is 0 Å². The molecular weight excluding hydrogens is 389 g/mol. The first-order valence-corrected chi connectivity index (χ1v) is 8.26. The molecule has 1 heterocycles. The molecule has 0 saturated carbocycles. The highest BCUT2D eigenvalue weighted by Crippen LogP contribution is 2.45. The summed E-state index contributed by atoms with van der Waals surface area (Å²) in [5, 5.41) is 14.3. The lowest BCUT2D eigenvalue weighted by Gasteiger charge is -2.45. The summed E-state index contributed by atoms with van der Waals surface area (Å²) >= 11 is 4.83. The predicted octanol–water partition coefficient (Wildman–Crippen LogP) is 1.65. The maximum Gasteiger partial charge on any atom is 0.437 e. The van der Waals surface area contributed by atoms with E-state index >= 15 is 0 Å². The molecule has 1 fully saturated rings. The van der Waals surface area contributed by atoms with Gasteiger partial charge < -0.3 is 30.0 Å². The number of ether oxygens (including phenoxy) is 3. The monoisotopic (exact) mass is 408 g/mol. The molecule has 0 bridgehead atoms. The van der Waals surface area contributed by atoms with Crippen LogP contribution in [0.5, 0.6) is 11.5 Å². The summed E-state index contributed by atoms with van der Waals surface area (Å²) in [7, 11) is 2.73. The highest BCUT2D eigenvalue weighted by atomic mass is 32.1. The zero-order chi connectivity index (χ0) is 20.4. The van der Waals surface area contributed by atoms with Crippen molar-refractivity contribution in [1.82, 2.24) is 10.6 Å². The first-order valence-electron chi connectivity index (χ1n) is 7.85. The number of benzene rings is 1. The molecule has 0 aliphatic carbocycles. The summed E-state index contributed by atoms with van der Waals surface area (Å²) in [6, 6.07) is 2.98. The fraction of sp³-hybridized carbons (Fsp3) is 0.500. The van der Waals surface area contributed by atoms with Crippen molar-refractivity contribution in [1.29, 1.82) is 0 Å². The van der Waals surface area contributed by atoms with Crippen molar-refractivity contribution in [2.45, 2.75) is 24.9 Å². The van der Waals surface area contributed by atoms with E-state index in [1.54, 1.807) is 5.32 Å². The van der Waals surface area contributed by atoms with Crippen LogP contribution in [-0.4, -0.2) is 48.9 Å². The Morgan fingerprint density at radius 2 is 2.00 bits per heavy atom. The first kappa shape index (κ1) is 21.0. The second-order valence-electron chi connectivity index (χ2n) is 5.68. The molecule has 1 aromatic carbocycles. The van der Waals surface area contributed by atoms with Crippen LogP contribution < -0.4 is 20.1 Å². The van der Waals surface area contributed by atoms with Crippen molar-refractivity contribution < 1.29 is 37.3 Å². The molecule has 3 atom stereocenters. The number of aliphatic hydroxyl groups is 1. The van der Waals surface area contributed by atoms with E-state index in [1.165, 1.54) is 39.3 Å². The zero-order valence-electron chi connectivity index (χ0n) is 14.7. The van der Waals surface area contributed by atoms with Crippen molar-refractivity contribution in [2.24, 2.45) is 5.92 Å². The molecule has 0 radical (unpaired) electrons. The number of hydrogen-bond acceptors (Lipinski definition) is 6. The van der Waals surface area contributed by atoms with Crippen LogP contribution in [0.2, 0.25) is 0 Å². The van der Waals surface area contributed by atoms with Crippen LogP contribution in [0.25, 0.3) is 0 Å². The third kappa shape index (κ3) is 3.88. The Hall–Kier alpha value is -2.27. The molecule has 0 unspecified atom stereocenters. The van der Waals surface area contributed by atoms with Gasteiger partial charge in [-0.1, -0.05) is 0 Å². The maximum absolute atomic E-state index is 13.7. The molecule has 0 spiro atoms. The van der Waals surface area contributed by atoms with Gasteiger partial charge in [-0.2, -0.15) is 13.2 Å². The second-order valence-corrected chi connectivity index (χ2v) is 6.09. The summed E-state index contributed by atoms with van der Waals surface area (Å²) in [6.45, 7) is 1.28. The second kappa shape index (κ2) is 7.77. The van der Waals surface area contributed by atoms with Crippen molar-refractivity contribution in [3.8, 4) is 11.5 Å². The third-order valence-electron chi connectivity index (χ3n) is 4.12.